The van der Waals surface area contributed by atoms with Crippen LogP contribution in [0.25, 0.3) is 0 Å². The van der Waals surface area contributed by atoms with Gasteiger partial charge in [0.2, 0.25) is 0 Å². The fourth-order valence-corrected chi connectivity index (χ4v) is 6.47. The Hall–Kier alpha value is -4.71. The van der Waals surface area contributed by atoms with Gasteiger partial charge in [-0.2, -0.15) is 0 Å². The lowest BCUT2D eigenvalue weighted by atomic mass is 10.1. The van der Waals surface area contributed by atoms with Crippen molar-refractivity contribution in [1.29, 1.82) is 0 Å². The lowest BCUT2D eigenvalue weighted by Crippen LogP contribution is -2.30. The molecule has 6 heteroatoms. The minimum Gasteiger partial charge on any atom is -0.462 e. The van der Waals surface area contributed by atoms with Crippen LogP contribution in [0, 0.1) is 0 Å². The van der Waals surface area contributed by atoms with Gasteiger partial charge in [-0.15, -0.1) is 0 Å². The van der Waals surface area contributed by atoms with Crippen molar-refractivity contribution < 1.29 is 28.6 Å². The molecule has 0 rings (SSSR count). The second-order valence-electron chi connectivity index (χ2n) is 16.6. The molecule has 66 heavy (non-hydrogen) atoms. The fourth-order valence-electron chi connectivity index (χ4n) is 6.47. The predicted octanol–water partition coefficient (Wildman–Crippen LogP) is 17.3. The zero-order chi connectivity index (χ0) is 47.9. The van der Waals surface area contributed by atoms with E-state index in [1.165, 1.54) is 51.4 Å². The van der Waals surface area contributed by atoms with Crippen LogP contribution in [-0.2, 0) is 28.6 Å². The number of esters is 3. The van der Waals surface area contributed by atoms with Crippen molar-refractivity contribution in [3.63, 3.8) is 0 Å². The number of carbonyl (C=O) groups is 3. The second kappa shape index (κ2) is 52.9. The zero-order valence-corrected chi connectivity index (χ0v) is 41.9. The van der Waals surface area contributed by atoms with Crippen LogP contribution in [0.2, 0.25) is 0 Å². The molecule has 0 saturated carbocycles. The van der Waals surface area contributed by atoms with Gasteiger partial charge in [0.05, 0.1) is 0 Å². The summed E-state index contributed by atoms with van der Waals surface area (Å²) in [4.78, 5) is 38.0. The van der Waals surface area contributed by atoms with Gasteiger partial charge in [-0.25, -0.2) is 0 Å². The van der Waals surface area contributed by atoms with E-state index >= 15 is 0 Å². The first kappa shape index (κ1) is 61.3. The molecule has 0 aliphatic heterocycles. The van der Waals surface area contributed by atoms with E-state index in [1.807, 2.05) is 97.2 Å². The Morgan fingerprint density at radius 2 is 0.591 bits per heavy atom. The van der Waals surface area contributed by atoms with Crippen LogP contribution >= 0.6 is 0 Å². The summed E-state index contributed by atoms with van der Waals surface area (Å²) in [5.74, 6) is -1.03. The molecule has 0 aromatic carbocycles. The van der Waals surface area contributed by atoms with Gasteiger partial charge in [0, 0.05) is 19.3 Å². The molecule has 0 radical (unpaired) electrons. The van der Waals surface area contributed by atoms with Crippen molar-refractivity contribution in [1.82, 2.24) is 0 Å². The molecule has 368 valence electrons. The van der Waals surface area contributed by atoms with Gasteiger partial charge in [-0.05, 0) is 83.5 Å². The van der Waals surface area contributed by atoms with Gasteiger partial charge in [0.25, 0.3) is 0 Å². The van der Waals surface area contributed by atoms with E-state index in [0.717, 1.165) is 96.3 Å². The highest BCUT2D eigenvalue weighted by Crippen LogP contribution is 2.12. The quantitative estimate of drug-likeness (QED) is 0.0262. The molecule has 0 fully saturated rings. The third-order valence-electron chi connectivity index (χ3n) is 10.3. The first-order chi connectivity index (χ1) is 32.5. The van der Waals surface area contributed by atoms with E-state index in [4.69, 9.17) is 14.2 Å². The number of rotatable bonds is 44. The van der Waals surface area contributed by atoms with E-state index in [-0.39, 0.29) is 37.5 Å². The maximum Gasteiger partial charge on any atom is 0.306 e. The largest absolute Gasteiger partial charge is 0.462 e. The summed E-state index contributed by atoms with van der Waals surface area (Å²) in [6, 6.07) is 0. The van der Waals surface area contributed by atoms with Gasteiger partial charge in [0.15, 0.2) is 6.10 Å². The minimum absolute atomic E-state index is 0.124. The molecular formula is C60H92O6. The van der Waals surface area contributed by atoms with Crippen LogP contribution < -0.4 is 0 Å². The number of allylic oxidation sites excluding steroid dienone is 24. The summed E-state index contributed by atoms with van der Waals surface area (Å²) in [6.45, 7) is 6.24. The second-order valence-corrected chi connectivity index (χ2v) is 16.6. The van der Waals surface area contributed by atoms with Gasteiger partial charge in [-0.3, -0.25) is 14.4 Å². The molecular weight excluding hydrogens is 817 g/mol. The van der Waals surface area contributed by atoms with Crippen LogP contribution in [0.1, 0.15) is 194 Å². The minimum atomic E-state index is -0.831. The Bertz CT molecular complexity index is 1510. The highest BCUT2D eigenvalue weighted by atomic mass is 16.6. The molecule has 0 spiro atoms. The average molecular weight is 909 g/mol. The van der Waals surface area contributed by atoms with E-state index in [2.05, 4.69) is 69.4 Å². The Kier molecular flexibility index (Phi) is 49.1. The van der Waals surface area contributed by atoms with Crippen LogP contribution in [0.5, 0.6) is 0 Å². The molecule has 0 aliphatic rings. The third kappa shape index (κ3) is 50.3. The molecule has 6 nitrogen and oxygen atoms in total. The van der Waals surface area contributed by atoms with Crippen LogP contribution in [0.15, 0.2) is 146 Å². The monoisotopic (exact) mass is 909 g/mol. The maximum atomic E-state index is 12.8. The molecule has 0 N–H and O–H groups in total. The van der Waals surface area contributed by atoms with Gasteiger partial charge in [0.1, 0.15) is 13.2 Å². The highest BCUT2D eigenvalue weighted by Gasteiger charge is 2.19. The third-order valence-corrected chi connectivity index (χ3v) is 10.3. The van der Waals surface area contributed by atoms with Crippen molar-refractivity contribution in [3.8, 4) is 0 Å². The Morgan fingerprint density at radius 1 is 0.318 bits per heavy atom. The summed E-state index contributed by atoms with van der Waals surface area (Å²) in [7, 11) is 0. The van der Waals surface area contributed by atoms with Crippen LogP contribution in [-0.4, -0.2) is 37.2 Å². The van der Waals surface area contributed by atoms with Gasteiger partial charge < -0.3 is 14.2 Å². The topological polar surface area (TPSA) is 78.9 Å². The predicted molar refractivity (Wildman–Crippen MR) is 283 cm³/mol. The molecule has 0 aromatic rings. The summed E-state index contributed by atoms with van der Waals surface area (Å²) < 4.78 is 16.7. The van der Waals surface area contributed by atoms with E-state index < -0.39 is 6.10 Å². The van der Waals surface area contributed by atoms with Crippen molar-refractivity contribution >= 4 is 17.9 Å². The molecule has 1 unspecified atom stereocenters. The number of unbranched alkanes of at least 4 members (excludes halogenated alkanes) is 18. The lowest BCUT2D eigenvalue weighted by molar-refractivity contribution is -0.167. The summed E-state index contributed by atoms with van der Waals surface area (Å²) >= 11 is 0. The molecule has 0 saturated heterocycles. The number of carbonyl (C=O) groups excluding carboxylic acids is 3. The molecule has 0 heterocycles. The highest BCUT2D eigenvalue weighted by molar-refractivity contribution is 5.71. The number of ether oxygens (including phenoxy) is 3. The van der Waals surface area contributed by atoms with Crippen molar-refractivity contribution in [2.24, 2.45) is 0 Å². The smallest absolute Gasteiger partial charge is 0.306 e. The summed E-state index contributed by atoms with van der Waals surface area (Å²) in [5.41, 5.74) is 0. The van der Waals surface area contributed by atoms with Gasteiger partial charge >= 0.3 is 17.9 Å². The van der Waals surface area contributed by atoms with E-state index in [9.17, 15) is 14.4 Å². The number of hydrogen-bond acceptors (Lipinski definition) is 6. The first-order valence-corrected chi connectivity index (χ1v) is 26.0. The zero-order valence-electron chi connectivity index (χ0n) is 41.9. The Balaban J connectivity index is 4.59. The van der Waals surface area contributed by atoms with Crippen LogP contribution in [0.4, 0.5) is 0 Å². The summed E-state index contributed by atoms with van der Waals surface area (Å²) in [5, 5.41) is 0. The molecule has 0 bridgehead atoms. The fraction of sp³-hybridized carbons (Fsp3) is 0.550. The molecule has 0 aromatic heterocycles. The van der Waals surface area contributed by atoms with E-state index in [1.54, 1.807) is 0 Å². The maximum absolute atomic E-state index is 12.8. The summed E-state index contributed by atoms with van der Waals surface area (Å²) in [6.07, 6.45) is 75.4. The van der Waals surface area contributed by atoms with Gasteiger partial charge in [-0.1, -0.05) is 237 Å². The molecule has 0 amide bonds. The normalized spacial score (nSPS) is 13.3. The number of hydrogen-bond donors (Lipinski definition) is 0. The SMILES string of the molecule is CC\C=C/C=C\C=C/C=C\C=C\C=C/CCCCCC(=O)OC(COC(=O)CCCCC\C=C/C=C\C=C/C=C\CC)COC(=O)CCCCCCC/C=C\C=C/CCCCCCCCC. The average Bonchev–Trinajstić information content (AvgIpc) is 3.31. The van der Waals surface area contributed by atoms with Crippen LogP contribution in [0.3, 0.4) is 0 Å². The standard InChI is InChI=1S/C60H92O6/c1-4-7-10-13-16-19-22-25-27-29-31-32-35-38-41-44-47-50-53-59(62)65-56-57(55-64-58(61)52-49-46-43-40-37-34-24-21-18-15-12-9-6-3)66-60(63)54-51-48-45-42-39-36-33-30-28-26-23-20-17-14-11-8-5-2/h8-9,11-12,14-15,17-18,20-21,23-24,26-34,36-37,39,57H,4-7,10,13,16,19,22,25,35,38,40-56H2,1-3H3/b11-8-,12-9-,17-14-,18-15-,23-20-,24-21-,28-26-,29-27-,32-31-,33-30+,37-34-,39-36-. The first-order valence-electron chi connectivity index (χ1n) is 26.0. The molecule has 0 aliphatic carbocycles. The van der Waals surface area contributed by atoms with E-state index in [0.29, 0.717) is 19.3 Å². The van der Waals surface area contributed by atoms with Crippen molar-refractivity contribution in [2.75, 3.05) is 13.2 Å². The Labute approximate surface area is 404 Å². The lowest BCUT2D eigenvalue weighted by Gasteiger charge is -2.18. The van der Waals surface area contributed by atoms with Crippen molar-refractivity contribution in [3.05, 3.63) is 146 Å². The Morgan fingerprint density at radius 3 is 0.955 bits per heavy atom. The molecule has 1 atom stereocenters. The van der Waals surface area contributed by atoms with Crippen molar-refractivity contribution in [2.45, 2.75) is 200 Å².